The maximum atomic E-state index is 12.0. The molecule has 10 heteroatoms. The number of aliphatic hydroxyl groups excluding tert-OH is 1. The molecule has 0 aliphatic carbocycles. The monoisotopic (exact) mass is 337 g/mol. The lowest BCUT2D eigenvalue weighted by Crippen LogP contribution is -2.34. The van der Waals surface area contributed by atoms with E-state index in [1.165, 1.54) is 6.07 Å². The molecule has 1 unspecified atom stereocenters. The minimum atomic E-state index is -3.94. The molecule has 1 atom stereocenters. The Balaban J connectivity index is 2.74. The van der Waals surface area contributed by atoms with Gasteiger partial charge in [-0.2, -0.15) is 0 Å². The summed E-state index contributed by atoms with van der Waals surface area (Å²) in [5, 5.41) is 22.4. The number of sulfonamides is 1. The largest absolute Gasteiger partial charge is 0.392 e. The standard InChI is InChI=1S/C11H16ClN3O5S/c1-8(16)7-13-4-5-14-21(19,20)11-6-9(15(17)18)2-3-10(11)12/h2-3,6,8,13-14,16H,4-5,7H2,1H3. The summed E-state index contributed by atoms with van der Waals surface area (Å²) in [7, 11) is -3.94. The van der Waals surface area contributed by atoms with Gasteiger partial charge in [0.25, 0.3) is 5.69 Å². The number of aliphatic hydroxyl groups is 1. The Morgan fingerprint density at radius 1 is 1.43 bits per heavy atom. The molecule has 1 aromatic carbocycles. The molecule has 0 radical (unpaired) electrons. The molecule has 0 amide bonds. The molecule has 0 heterocycles. The quantitative estimate of drug-likeness (QED) is 0.361. The number of nitro groups is 1. The van der Waals surface area contributed by atoms with Gasteiger partial charge in [-0.1, -0.05) is 11.6 Å². The van der Waals surface area contributed by atoms with Crippen LogP contribution in [0.4, 0.5) is 5.69 Å². The van der Waals surface area contributed by atoms with Gasteiger partial charge >= 0.3 is 0 Å². The maximum absolute atomic E-state index is 12.0. The lowest BCUT2D eigenvalue weighted by molar-refractivity contribution is -0.385. The van der Waals surface area contributed by atoms with Crippen molar-refractivity contribution in [2.75, 3.05) is 19.6 Å². The average Bonchev–Trinajstić information content (AvgIpc) is 2.37. The minimum Gasteiger partial charge on any atom is -0.392 e. The summed E-state index contributed by atoms with van der Waals surface area (Å²) in [5.74, 6) is 0. The normalized spacial score (nSPS) is 13.1. The Morgan fingerprint density at radius 3 is 2.67 bits per heavy atom. The molecule has 0 aliphatic heterocycles. The Kier molecular flexibility index (Phi) is 6.49. The van der Waals surface area contributed by atoms with Crippen molar-refractivity contribution in [3.8, 4) is 0 Å². The van der Waals surface area contributed by atoms with Gasteiger partial charge in [-0.3, -0.25) is 10.1 Å². The van der Waals surface area contributed by atoms with E-state index in [9.17, 15) is 18.5 Å². The summed E-state index contributed by atoms with van der Waals surface area (Å²) in [6.07, 6.45) is -0.534. The highest BCUT2D eigenvalue weighted by Crippen LogP contribution is 2.25. The molecule has 0 bridgehead atoms. The van der Waals surface area contributed by atoms with Crippen LogP contribution in [0.5, 0.6) is 0 Å². The van der Waals surface area contributed by atoms with Crippen LogP contribution in [-0.2, 0) is 10.0 Å². The van der Waals surface area contributed by atoms with Gasteiger partial charge in [0.1, 0.15) is 4.90 Å². The first-order valence-corrected chi connectivity index (χ1v) is 7.92. The van der Waals surface area contributed by atoms with E-state index < -0.39 is 21.1 Å². The van der Waals surface area contributed by atoms with Gasteiger partial charge in [0, 0.05) is 31.8 Å². The smallest absolute Gasteiger partial charge is 0.270 e. The lowest BCUT2D eigenvalue weighted by Gasteiger charge is -2.10. The second-order valence-electron chi connectivity index (χ2n) is 4.32. The van der Waals surface area contributed by atoms with Crippen molar-refractivity contribution in [2.45, 2.75) is 17.9 Å². The van der Waals surface area contributed by atoms with E-state index in [1.807, 2.05) is 0 Å². The van der Waals surface area contributed by atoms with Crippen LogP contribution in [0.1, 0.15) is 6.92 Å². The molecule has 8 nitrogen and oxygen atoms in total. The number of hydrogen-bond donors (Lipinski definition) is 3. The second-order valence-corrected chi connectivity index (χ2v) is 6.47. The fraction of sp³-hybridized carbons (Fsp3) is 0.455. The zero-order valence-corrected chi connectivity index (χ0v) is 12.8. The third kappa shape index (κ3) is 5.56. The van der Waals surface area contributed by atoms with Gasteiger partial charge in [-0.25, -0.2) is 13.1 Å². The number of nitrogens with one attached hydrogen (secondary N) is 2. The summed E-state index contributed by atoms with van der Waals surface area (Å²) >= 11 is 5.78. The predicted molar refractivity (Wildman–Crippen MR) is 77.8 cm³/mol. The fourth-order valence-electron chi connectivity index (χ4n) is 1.47. The molecule has 1 aromatic rings. The van der Waals surface area contributed by atoms with Crippen LogP contribution >= 0.6 is 11.6 Å². The minimum absolute atomic E-state index is 0.0636. The highest BCUT2D eigenvalue weighted by Gasteiger charge is 2.21. The van der Waals surface area contributed by atoms with E-state index in [2.05, 4.69) is 10.0 Å². The third-order valence-electron chi connectivity index (χ3n) is 2.45. The van der Waals surface area contributed by atoms with Crippen LogP contribution in [-0.4, -0.2) is 44.2 Å². The lowest BCUT2D eigenvalue weighted by atomic mass is 10.3. The van der Waals surface area contributed by atoms with Gasteiger partial charge in [0.15, 0.2) is 0 Å². The van der Waals surface area contributed by atoms with Crippen molar-refractivity contribution in [3.05, 3.63) is 33.3 Å². The molecule has 3 N–H and O–H groups in total. The molecule has 21 heavy (non-hydrogen) atoms. The van der Waals surface area contributed by atoms with Crippen molar-refractivity contribution < 1.29 is 18.4 Å². The van der Waals surface area contributed by atoms with E-state index in [0.717, 1.165) is 12.1 Å². The van der Waals surface area contributed by atoms with Crippen molar-refractivity contribution in [1.29, 1.82) is 0 Å². The molecular weight excluding hydrogens is 322 g/mol. The molecular formula is C11H16ClN3O5S. The number of nitro benzene ring substituents is 1. The van der Waals surface area contributed by atoms with Crippen molar-refractivity contribution in [3.63, 3.8) is 0 Å². The highest BCUT2D eigenvalue weighted by atomic mass is 35.5. The number of hydrogen-bond acceptors (Lipinski definition) is 6. The zero-order chi connectivity index (χ0) is 16.0. The van der Waals surface area contributed by atoms with Gasteiger partial charge in [0.05, 0.1) is 16.0 Å². The van der Waals surface area contributed by atoms with Crippen LogP contribution in [0.2, 0.25) is 5.02 Å². The number of non-ortho nitro benzene ring substituents is 1. The molecule has 118 valence electrons. The van der Waals surface area contributed by atoms with E-state index in [4.69, 9.17) is 16.7 Å². The first-order chi connectivity index (χ1) is 9.74. The number of halogens is 1. The Morgan fingerprint density at radius 2 is 2.10 bits per heavy atom. The molecule has 0 spiro atoms. The van der Waals surface area contributed by atoms with Gasteiger partial charge in [0.2, 0.25) is 10.0 Å². The van der Waals surface area contributed by atoms with Crippen LogP contribution in [0.15, 0.2) is 23.1 Å². The summed E-state index contributed by atoms with van der Waals surface area (Å²) in [5.41, 5.74) is -0.355. The molecule has 0 saturated heterocycles. The second kappa shape index (κ2) is 7.66. The van der Waals surface area contributed by atoms with Crippen molar-refractivity contribution in [2.24, 2.45) is 0 Å². The van der Waals surface area contributed by atoms with Crippen LogP contribution in [0.25, 0.3) is 0 Å². The summed E-state index contributed by atoms with van der Waals surface area (Å²) in [6, 6.07) is 3.21. The van der Waals surface area contributed by atoms with E-state index in [-0.39, 0.29) is 22.2 Å². The predicted octanol–water partition coefficient (Wildman–Crippen LogP) is 0.497. The van der Waals surface area contributed by atoms with Crippen LogP contribution in [0.3, 0.4) is 0 Å². The zero-order valence-electron chi connectivity index (χ0n) is 11.2. The van der Waals surface area contributed by atoms with E-state index in [0.29, 0.717) is 13.1 Å². The SMILES string of the molecule is CC(O)CNCCNS(=O)(=O)c1cc([N+](=O)[O-])ccc1Cl. The molecule has 0 aliphatic rings. The first kappa shape index (κ1) is 17.8. The molecule has 1 rings (SSSR count). The van der Waals surface area contributed by atoms with Gasteiger partial charge < -0.3 is 10.4 Å². The maximum Gasteiger partial charge on any atom is 0.270 e. The third-order valence-corrected chi connectivity index (χ3v) is 4.39. The fourth-order valence-corrected chi connectivity index (χ4v) is 3.02. The van der Waals surface area contributed by atoms with Gasteiger partial charge in [-0.05, 0) is 13.0 Å². The Hall–Kier alpha value is -1.26. The summed E-state index contributed by atoms with van der Waals surface area (Å²) in [6.45, 7) is 2.30. The highest BCUT2D eigenvalue weighted by molar-refractivity contribution is 7.89. The first-order valence-electron chi connectivity index (χ1n) is 6.06. The topological polar surface area (TPSA) is 122 Å². The molecule has 0 fully saturated rings. The summed E-state index contributed by atoms with van der Waals surface area (Å²) in [4.78, 5) is 9.63. The Labute approximate surface area is 127 Å². The van der Waals surface area contributed by atoms with Crippen LogP contribution < -0.4 is 10.0 Å². The average molecular weight is 338 g/mol. The van der Waals surface area contributed by atoms with E-state index >= 15 is 0 Å². The number of nitrogens with zero attached hydrogens (tertiary/aromatic N) is 1. The van der Waals surface area contributed by atoms with Crippen molar-refractivity contribution >= 4 is 27.3 Å². The van der Waals surface area contributed by atoms with Crippen LogP contribution in [0, 0.1) is 10.1 Å². The van der Waals surface area contributed by atoms with Gasteiger partial charge in [-0.15, -0.1) is 0 Å². The number of rotatable bonds is 8. The Bertz CT molecular complexity index is 606. The summed E-state index contributed by atoms with van der Waals surface area (Å²) < 4.78 is 26.3. The van der Waals surface area contributed by atoms with E-state index in [1.54, 1.807) is 6.92 Å². The molecule has 0 aromatic heterocycles. The molecule has 0 saturated carbocycles. The number of benzene rings is 1. The van der Waals surface area contributed by atoms with Crippen molar-refractivity contribution in [1.82, 2.24) is 10.0 Å².